The quantitative estimate of drug-likeness (QED) is 0.162. The van der Waals surface area contributed by atoms with E-state index >= 15 is 0 Å². The number of hydrogen-bond acceptors (Lipinski definition) is 2. The van der Waals surface area contributed by atoms with Crippen molar-refractivity contribution in [2.75, 3.05) is 4.90 Å². The van der Waals surface area contributed by atoms with Gasteiger partial charge in [-0.2, -0.15) is 0 Å². The summed E-state index contributed by atoms with van der Waals surface area (Å²) in [5, 5.41) is 5.21. The van der Waals surface area contributed by atoms with E-state index in [2.05, 4.69) is 208 Å². The Morgan fingerprint density at radius 3 is 1.63 bits per heavy atom. The van der Waals surface area contributed by atoms with Crippen LogP contribution in [0, 0.1) is 0 Å². The summed E-state index contributed by atoms with van der Waals surface area (Å²) in [4.78, 5) is 2.16. The molecule has 0 saturated heterocycles. The fourth-order valence-corrected chi connectivity index (χ4v) is 8.74. The molecule has 0 aliphatic rings. The Morgan fingerprint density at radius 2 is 0.930 bits per heavy atom. The number of furan rings is 1. The van der Waals surface area contributed by atoms with Gasteiger partial charge in [0.1, 0.15) is 5.76 Å². The van der Waals surface area contributed by atoms with E-state index in [0.29, 0.717) is 10.9 Å². The molecule has 57 heavy (non-hydrogen) atoms. The van der Waals surface area contributed by atoms with Crippen molar-refractivity contribution in [3.05, 3.63) is 211 Å². The number of hydrogen-bond donors (Lipinski definition) is 0. The van der Waals surface area contributed by atoms with Gasteiger partial charge in [-0.3, -0.25) is 4.90 Å². The molecule has 0 fully saturated rings. The van der Waals surface area contributed by atoms with Gasteiger partial charge in [-0.1, -0.05) is 139 Å². The molecular formula is C52H34ClN3O. The first kappa shape index (κ1) is 33.1. The SMILES string of the molecule is Clc1cc(N(c2ccc(-c3ccccc3)cc2)c2ccc(-c3ccc4c5ccccc5n(-c5ccccc5)c4c3)o2)cc2c1c1ccccc1n2-c1ccccc1. The van der Waals surface area contributed by atoms with Crippen LogP contribution in [-0.2, 0) is 0 Å². The monoisotopic (exact) mass is 751 g/mol. The third-order valence-electron chi connectivity index (χ3n) is 11.0. The highest BCUT2D eigenvalue weighted by molar-refractivity contribution is 6.38. The van der Waals surface area contributed by atoms with Gasteiger partial charge in [0, 0.05) is 50.2 Å². The average molecular weight is 752 g/mol. The summed E-state index contributed by atoms with van der Waals surface area (Å²) in [6.45, 7) is 0. The van der Waals surface area contributed by atoms with Crippen LogP contribution in [0.4, 0.5) is 17.3 Å². The lowest BCUT2D eigenvalue weighted by atomic mass is 10.1. The number of rotatable bonds is 7. The molecule has 11 aromatic rings. The molecule has 0 bridgehead atoms. The van der Waals surface area contributed by atoms with E-state index in [0.717, 1.165) is 72.5 Å². The maximum Gasteiger partial charge on any atom is 0.205 e. The molecule has 11 rings (SSSR count). The van der Waals surface area contributed by atoms with E-state index in [9.17, 15) is 0 Å². The van der Waals surface area contributed by atoms with Crippen LogP contribution < -0.4 is 4.90 Å². The molecule has 0 atom stereocenters. The number of aromatic nitrogens is 2. The molecule has 0 radical (unpaired) electrons. The standard InChI is InChI=1S/C52H34ClN3O/c53-45-33-41(34-49-52(45)44-21-11-13-23-47(44)56(49)39-18-8-3-9-19-39)54(40-27-24-36(25-28-40)35-14-4-1-5-15-35)51-31-30-50(57-51)37-26-29-43-42-20-10-12-22-46(42)55(48(43)32-37)38-16-6-2-7-17-38/h1-34H. The second-order valence-corrected chi connectivity index (χ2v) is 14.7. The maximum absolute atomic E-state index is 7.35. The lowest BCUT2D eigenvalue weighted by molar-refractivity contribution is 0.588. The third-order valence-corrected chi connectivity index (χ3v) is 11.3. The van der Waals surface area contributed by atoms with Gasteiger partial charge in [-0.05, 0) is 83.9 Å². The smallest absolute Gasteiger partial charge is 0.205 e. The predicted octanol–water partition coefficient (Wildman–Crippen LogP) is 14.9. The molecule has 0 N–H and O–H groups in total. The summed E-state index contributed by atoms with van der Waals surface area (Å²) in [5.41, 5.74) is 11.7. The molecule has 0 aliphatic carbocycles. The zero-order valence-electron chi connectivity index (χ0n) is 30.8. The Balaban J connectivity index is 1.09. The minimum Gasteiger partial charge on any atom is -0.440 e. The van der Waals surface area contributed by atoms with E-state index in [1.54, 1.807) is 0 Å². The van der Waals surface area contributed by atoms with E-state index in [-0.39, 0.29) is 0 Å². The highest BCUT2D eigenvalue weighted by Crippen LogP contribution is 2.45. The Morgan fingerprint density at radius 1 is 0.386 bits per heavy atom. The molecule has 3 heterocycles. The molecule has 0 aliphatic heterocycles. The summed E-state index contributed by atoms with van der Waals surface area (Å²) < 4.78 is 11.5. The van der Waals surface area contributed by atoms with Crippen molar-refractivity contribution in [3.8, 4) is 33.8 Å². The van der Waals surface area contributed by atoms with Gasteiger partial charge in [0.25, 0.3) is 0 Å². The first-order chi connectivity index (χ1) is 28.2. The topological polar surface area (TPSA) is 26.2 Å². The minimum atomic E-state index is 0.672. The molecule has 0 saturated carbocycles. The largest absolute Gasteiger partial charge is 0.440 e. The lowest BCUT2D eigenvalue weighted by Crippen LogP contribution is -2.09. The van der Waals surface area contributed by atoms with Crippen molar-refractivity contribution < 1.29 is 4.42 Å². The Kier molecular flexibility index (Phi) is 7.83. The van der Waals surface area contributed by atoms with Crippen LogP contribution in [0.5, 0.6) is 0 Å². The van der Waals surface area contributed by atoms with Crippen molar-refractivity contribution in [2.24, 2.45) is 0 Å². The molecule has 4 nitrogen and oxygen atoms in total. The minimum absolute atomic E-state index is 0.672. The fourth-order valence-electron chi connectivity index (χ4n) is 8.43. The average Bonchev–Trinajstić information content (AvgIpc) is 3.98. The summed E-state index contributed by atoms with van der Waals surface area (Å²) in [6.07, 6.45) is 0. The first-order valence-corrected chi connectivity index (χ1v) is 19.5. The third kappa shape index (κ3) is 5.53. The second kappa shape index (κ2) is 13.5. The van der Waals surface area contributed by atoms with Gasteiger partial charge in [-0.15, -0.1) is 0 Å². The van der Waals surface area contributed by atoms with Gasteiger partial charge in [-0.25, -0.2) is 0 Å². The molecule has 8 aromatic carbocycles. The second-order valence-electron chi connectivity index (χ2n) is 14.3. The van der Waals surface area contributed by atoms with Gasteiger partial charge in [0.05, 0.1) is 32.8 Å². The maximum atomic E-state index is 7.35. The van der Waals surface area contributed by atoms with Gasteiger partial charge < -0.3 is 13.6 Å². The van der Waals surface area contributed by atoms with Crippen molar-refractivity contribution >= 4 is 72.5 Å². The Labute approximate surface area is 334 Å². The fraction of sp³-hybridized carbons (Fsp3) is 0. The molecular weight excluding hydrogens is 718 g/mol. The first-order valence-electron chi connectivity index (χ1n) is 19.1. The van der Waals surface area contributed by atoms with Crippen LogP contribution in [-0.4, -0.2) is 9.13 Å². The van der Waals surface area contributed by atoms with E-state index in [1.807, 2.05) is 12.1 Å². The summed E-state index contributed by atoms with van der Waals surface area (Å²) >= 11 is 7.35. The van der Waals surface area contributed by atoms with Crippen LogP contribution in [0.3, 0.4) is 0 Å². The number of nitrogens with zero attached hydrogens (tertiary/aromatic N) is 3. The van der Waals surface area contributed by atoms with Crippen LogP contribution in [0.15, 0.2) is 211 Å². The number of fused-ring (bicyclic) bond motifs is 6. The highest BCUT2D eigenvalue weighted by atomic mass is 35.5. The van der Waals surface area contributed by atoms with Gasteiger partial charge in [0.15, 0.2) is 0 Å². The Hall–Kier alpha value is -7.27. The number of benzene rings is 8. The molecule has 0 unspecified atom stereocenters. The Bertz CT molecular complexity index is 3230. The lowest BCUT2D eigenvalue weighted by Gasteiger charge is -2.24. The van der Waals surface area contributed by atoms with Crippen LogP contribution in [0.2, 0.25) is 5.02 Å². The van der Waals surface area contributed by atoms with Crippen molar-refractivity contribution in [3.63, 3.8) is 0 Å². The summed E-state index contributed by atoms with van der Waals surface area (Å²) in [5.74, 6) is 1.45. The normalized spacial score (nSPS) is 11.6. The molecule has 0 spiro atoms. The molecule has 270 valence electrons. The van der Waals surface area contributed by atoms with E-state index in [1.165, 1.54) is 16.3 Å². The number of para-hydroxylation sites is 4. The molecule has 5 heteroatoms. The van der Waals surface area contributed by atoms with Gasteiger partial charge in [0.2, 0.25) is 5.88 Å². The van der Waals surface area contributed by atoms with E-state index in [4.69, 9.17) is 16.0 Å². The van der Waals surface area contributed by atoms with Crippen molar-refractivity contribution in [1.29, 1.82) is 0 Å². The molecule has 0 amide bonds. The zero-order chi connectivity index (χ0) is 37.9. The van der Waals surface area contributed by atoms with Crippen molar-refractivity contribution in [2.45, 2.75) is 0 Å². The summed E-state index contributed by atoms with van der Waals surface area (Å²) in [7, 11) is 0. The zero-order valence-corrected chi connectivity index (χ0v) is 31.5. The van der Waals surface area contributed by atoms with Crippen LogP contribution in [0.1, 0.15) is 0 Å². The van der Waals surface area contributed by atoms with Crippen molar-refractivity contribution in [1.82, 2.24) is 9.13 Å². The highest BCUT2D eigenvalue weighted by Gasteiger charge is 2.23. The van der Waals surface area contributed by atoms with Crippen LogP contribution >= 0.6 is 11.6 Å². The van der Waals surface area contributed by atoms with Crippen LogP contribution in [0.25, 0.3) is 77.4 Å². The number of halogens is 1. The number of anilines is 3. The molecule has 3 aromatic heterocycles. The van der Waals surface area contributed by atoms with Gasteiger partial charge >= 0.3 is 0 Å². The summed E-state index contributed by atoms with van der Waals surface area (Å²) in [6, 6.07) is 72.2. The predicted molar refractivity (Wildman–Crippen MR) is 238 cm³/mol. The van der Waals surface area contributed by atoms with E-state index < -0.39 is 0 Å².